The molecular formula is C23H17F2N9. The van der Waals surface area contributed by atoms with Crippen molar-refractivity contribution in [3.8, 4) is 11.5 Å². The first-order valence-electron chi connectivity index (χ1n) is 10.1. The fourth-order valence-corrected chi connectivity index (χ4v) is 3.40. The fraction of sp³-hybridized carbons (Fsp3) is 0.0435. The van der Waals surface area contributed by atoms with Crippen molar-refractivity contribution in [3.05, 3.63) is 84.1 Å². The zero-order valence-electron chi connectivity index (χ0n) is 17.6. The normalized spacial score (nSPS) is 11.5. The molecule has 0 unspecified atom stereocenters. The molecule has 2 aromatic carbocycles. The maximum absolute atomic E-state index is 14.2. The molecule has 0 spiro atoms. The molecule has 11 heteroatoms. The van der Waals surface area contributed by atoms with Gasteiger partial charge in [0, 0.05) is 5.56 Å². The van der Waals surface area contributed by atoms with Crippen LogP contribution < -0.4 is 11.5 Å². The van der Waals surface area contributed by atoms with E-state index >= 15 is 0 Å². The first-order chi connectivity index (χ1) is 16.5. The topological polar surface area (TPSA) is 133 Å². The van der Waals surface area contributed by atoms with Gasteiger partial charge in [-0.25, -0.2) is 28.4 Å². The maximum atomic E-state index is 14.2. The molecule has 0 aliphatic heterocycles. The predicted octanol–water partition coefficient (Wildman–Crippen LogP) is 4.79. The number of nitrogens with zero attached hydrogens (tertiary/aromatic N) is 7. The molecule has 0 bridgehead atoms. The van der Waals surface area contributed by atoms with Gasteiger partial charge in [0.15, 0.2) is 28.8 Å². The molecule has 34 heavy (non-hydrogen) atoms. The molecule has 0 saturated heterocycles. The van der Waals surface area contributed by atoms with Gasteiger partial charge in [-0.05, 0) is 24.3 Å². The monoisotopic (exact) mass is 457 g/mol. The number of azo groups is 1. The molecule has 0 saturated carbocycles. The third kappa shape index (κ3) is 4.01. The van der Waals surface area contributed by atoms with Crippen LogP contribution in [0.5, 0.6) is 0 Å². The lowest BCUT2D eigenvalue weighted by atomic mass is 10.2. The van der Waals surface area contributed by atoms with Gasteiger partial charge in [-0.1, -0.05) is 36.4 Å². The molecule has 0 radical (unpaired) electrons. The van der Waals surface area contributed by atoms with Gasteiger partial charge in [0.1, 0.15) is 17.3 Å². The summed E-state index contributed by atoms with van der Waals surface area (Å²) in [7, 11) is 0. The Hall–Kier alpha value is -4.80. The molecule has 5 rings (SSSR count). The van der Waals surface area contributed by atoms with E-state index in [1.54, 1.807) is 30.3 Å². The van der Waals surface area contributed by atoms with E-state index < -0.39 is 11.6 Å². The van der Waals surface area contributed by atoms with Crippen LogP contribution in [0.15, 0.2) is 77.1 Å². The van der Waals surface area contributed by atoms with Crippen molar-refractivity contribution in [3.63, 3.8) is 0 Å². The largest absolute Gasteiger partial charge is 0.382 e. The van der Waals surface area contributed by atoms with Gasteiger partial charge in [-0.2, -0.15) is 10.2 Å². The average molecular weight is 457 g/mol. The zero-order chi connectivity index (χ0) is 23.7. The molecule has 168 valence electrons. The van der Waals surface area contributed by atoms with E-state index in [1.165, 1.54) is 16.8 Å². The molecule has 5 aromatic rings. The first-order valence-corrected chi connectivity index (χ1v) is 10.1. The summed E-state index contributed by atoms with van der Waals surface area (Å²) < 4.78 is 29.7. The Balaban J connectivity index is 1.58. The number of benzene rings is 2. The number of anilines is 2. The third-order valence-electron chi connectivity index (χ3n) is 5.00. The molecular weight excluding hydrogens is 440 g/mol. The van der Waals surface area contributed by atoms with Gasteiger partial charge < -0.3 is 11.5 Å². The van der Waals surface area contributed by atoms with Crippen LogP contribution in [0.3, 0.4) is 0 Å². The second-order valence-corrected chi connectivity index (χ2v) is 7.32. The second-order valence-electron chi connectivity index (χ2n) is 7.32. The molecule has 0 fully saturated rings. The summed E-state index contributed by atoms with van der Waals surface area (Å²) in [6.45, 7) is 0.0656. The number of aromatic nitrogens is 5. The Bertz CT molecular complexity index is 1510. The fourth-order valence-electron chi connectivity index (χ4n) is 3.40. The van der Waals surface area contributed by atoms with Crippen molar-refractivity contribution < 1.29 is 8.78 Å². The molecule has 3 aromatic heterocycles. The highest BCUT2D eigenvalue weighted by molar-refractivity contribution is 5.90. The summed E-state index contributed by atoms with van der Waals surface area (Å²) in [4.78, 5) is 12.7. The summed E-state index contributed by atoms with van der Waals surface area (Å²) in [6, 6.07) is 16.6. The van der Waals surface area contributed by atoms with Crippen molar-refractivity contribution in [1.29, 1.82) is 0 Å². The number of fused-ring (bicyclic) bond motifs is 1. The van der Waals surface area contributed by atoms with E-state index in [-0.39, 0.29) is 35.4 Å². The minimum Gasteiger partial charge on any atom is -0.382 e. The van der Waals surface area contributed by atoms with Crippen LogP contribution in [0.4, 0.5) is 31.8 Å². The lowest BCUT2D eigenvalue weighted by Gasteiger charge is -2.05. The molecule has 0 amide bonds. The SMILES string of the molecule is Nc1nc(-c2nn(Cc3ccccc3F)c3ncc(F)cc23)nc(N)c1/N=N/c1ccccc1. The van der Waals surface area contributed by atoms with E-state index in [2.05, 4.69) is 30.3 Å². The molecule has 4 N–H and O–H groups in total. The molecule has 0 aliphatic rings. The summed E-state index contributed by atoms with van der Waals surface area (Å²) in [5.41, 5.74) is 13.8. The maximum Gasteiger partial charge on any atom is 0.184 e. The quantitative estimate of drug-likeness (QED) is 0.364. The van der Waals surface area contributed by atoms with E-state index in [4.69, 9.17) is 11.5 Å². The van der Waals surface area contributed by atoms with Crippen LogP contribution in [0, 0.1) is 11.6 Å². The Morgan fingerprint density at radius 2 is 1.59 bits per heavy atom. The number of halogens is 2. The van der Waals surface area contributed by atoms with Gasteiger partial charge in [0.05, 0.1) is 23.8 Å². The Morgan fingerprint density at radius 3 is 2.32 bits per heavy atom. The van der Waals surface area contributed by atoms with Crippen LogP contribution in [0.2, 0.25) is 0 Å². The minimum absolute atomic E-state index is 0.0247. The van der Waals surface area contributed by atoms with Crippen molar-refractivity contribution in [2.45, 2.75) is 6.54 Å². The standard InChI is InChI=1S/C23H17F2N9/c24-14-10-16-18(33-34(23(16)28-11-14)12-13-6-4-5-9-17(13)25)22-29-20(26)19(21(27)30-22)32-31-15-7-2-1-3-8-15/h1-11H,12H2,(H4,26,27,29,30)/b32-31+. The van der Waals surface area contributed by atoms with E-state index in [9.17, 15) is 8.78 Å². The molecule has 9 nitrogen and oxygen atoms in total. The number of hydrogen-bond donors (Lipinski definition) is 2. The summed E-state index contributed by atoms with van der Waals surface area (Å²) in [6.07, 6.45) is 1.06. The van der Waals surface area contributed by atoms with Crippen LogP contribution in [0.25, 0.3) is 22.6 Å². The number of nitrogen functional groups attached to an aromatic ring is 2. The van der Waals surface area contributed by atoms with Gasteiger partial charge in [-0.3, -0.25) is 0 Å². The molecule has 0 aliphatic carbocycles. The first kappa shape index (κ1) is 21.1. The van der Waals surface area contributed by atoms with Crippen molar-refractivity contribution in [1.82, 2.24) is 24.7 Å². The predicted molar refractivity (Wildman–Crippen MR) is 123 cm³/mol. The third-order valence-corrected chi connectivity index (χ3v) is 5.00. The minimum atomic E-state index is -0.576. The highest BCUT2D eigenvalue weighted by Crippen LogP contribution is 2.33. The Morgan fingerprint density at radius 1 is 0.882 bits per heavy atom. The number of rotatable bonds is 5. The summed E-state index contributed by atoms with van der Waals surface area (Å²) in [5.74, 6) is -0.967. The molecule has 3 heterocycles. The van der Waals surface area contributed by atoms with E-state index in [0.717, 1.165) is 6.20 Å². The van der Waals surface area contributed by atoms with Gasteiger partial charge in [0.2, 0.25) is 0 Å². The Kier molecular flexibility index (Phi) is 5.34. The number of pyridine rings is 1. The van der Waals surface area contributed by atoms with E-state index in [1.807, 2.05) is 18.2 Å². The van der Waals surface area contributed by atoms with E-state index in [0.29, 0.717) is 22.3 Å². The summed E-state index contributed by atoms with van der Waals surface area (Å²) in [5, 5.41) is 13.0. The highest BCUT2D eigenvalue weighted by atomic mass is 19.1. The Labute approximate surface area is 191 Å². The van der Waals surface area contributed by atoms with Crippen LogP contribution in [-0.4, -0.2) is 24.7 Å². The van der Waals surface area contributed by atoms with Gasteiger partial charge >= 0.3 is 0 Å². The number of nitrogens with two attached hydrogens (primary N) is 2. The van der Waals surface area contributed by atoms with Crippen LogP contribution in [0.1, 0.15) is 5.56 Å². The van der Waals surface area contributed by atoms with Gasteiger partial charge in [-0.15, -0.1) is 5.11 Å². The highest BCUT2D eigenvalue weighted by Gasteiger charge is 2.20. The zero-order valence-corrected chi connectivity index (χ0v) is 17.6. The average Bonchev–Trinajstić information content (AvgIpc) is 3.18. The smallest absolute Gasteiger partial charge is 0.184 e. The van der Waals surface area contributed by atoms with Crippen molar-refractivity contribution >= 4 is 34.0 Å². The lowest BCUT2D eigenvalue weighted by Crippen LogP contribution is -2.05. The van der Waals surface area contributed by atoms with Gasteiger partial charge in [0.25, 0.3) is 0 Å². The molecule has 0 atom stereocenters. The number of hydrogen-bond acceptors (Lipinski definition) is 8. The summed E-state index contributed by atoms with van der Waals surface area (Å²) >= 11 is 0. The van der Waals surface area contributed by atoms with Crippen LogP contribution >= 0.6 is 0 Å². The van der Waals surface area contributed by atoms with Crippen molar-refractivity contribution in [2.24, 2.45) is 10.2 Å². The van der Waals surface area contributed by atoms with Crippen molar-refractivity contribution in [2.75, 3.05) is 11.5 Å². The lowest BCUT2D eigenvalue weighted by molar-refractivity contribution is 0.588. The second kappa shape index (κ2) is 8.62. The van der Waals surface area contributed by atoms with Crippen LogP contribution in [-0.2, 0) is 6.54 Å².